The second kappa shape index (κ2) is 16.6. The van der Waals surface area contributed by atoms with E-state index in [-0.39, 0.29) is 5.97 Å². The first-order chi connectivity index (χ1) is 10.7. The van der Waals surface area contributed by atoms with Crippen LogP contribution in [0.2, 0.25) is 0 Å². The predicted molar refractivity (Wildman–Crippen MR) is 96.0 cm³/mol. The van der Waals surface area contributed by atoms with Crippen molar-refractivity contribution in [2.75, 3.05) is 6.61 Å². The quantitative estimate of drug-likeness (QED) is 0.186. The molecular formula is C20H38O2. The number of esters is 1. The average molecular weight is 311 g/mol. The highest BCUT2D eigenvalue weighted by Crippen LogP contribution is 2.15. The van der Waals surface area contributed by atoms with Crippen molar-refractivity contribution < 1.29 is 9.53 Å². The molecule has 0 aliphatic rings. The molecule has 2 nitrogen and oxygen atoms in total. The van der Waals surface area contributed by atoms with Gasteiger partial charge in [0.15, 0.2) is 0 Å². The Kier molecular flexibility index (Phi) is 16.0. The topological polar surface area (TPSA) is 26.3 Å². The third-order valence-electron chi connectivity index (χ3n) is 4.32. The van der Waals surface area contributed by atoms with Gasteiger partial charge in [-0.25, -0.2) is 4.79 Å². The minimum absolute atomic E-state index is 0.304. The normalized spacial score (nSPS) is 12.1. The Bertz CT molecular complexity index is 260. The molecule has 0 fully saturated rings. The smallest absolute Gasteiger partial charge is 0.330 e. The molecule has 22 heavy (non-hydrogen) atoms. The lowest BCUT2D eigenvalue weighted by Crippen LogP contribution is -2.06. The molecule has 130 valence electrons. The third kappa shape index (κ3) is 15.6. The molecule has 1 atom stereocenters. The maximum atomic E-state index is 10.9. The van der Waals surface area contributed by atoms with Gasteiger partial charge in [0.05, 0.1) is 6.61 Å². The molecule has 0 aromatic carbocycles. The molecule has 0 saturated carbocycles. The summed E-state index contributed by atoms with van der Waals surface area (Å²) in [6.45, 7) is 8.45. The van der Waals surface area contributed by atoms with E-state index in [4.69, 9.17) is 4.74 Å². The molecular weight excluding hydrogens is 272 g/mol. The molecule has 1 unspecified atom stereocenters. The summed E-state index contributed by atoms with van der Waals surface area (Å²) in [6, 6.07) is 0. The average Bonchev–Trinajstić information content (AvgIpc) is 2.52. The molecule has 0 aromatic heterocycles. The molecule has 0 amide bonds. The summed E-state index contributed by atoms with van der Waals surface area (Å²) in [5.74, 6) is 0.345. The van der Waals surface area contributed by atoms with Crippen LogP contribution in [0.5, 0.6) is 0 Å². The summed E-state index contributed by atoms with van der Waals surface area (Å²) in [5.41, 5.74) is 0. The number of carbonyl (C=O) groups excluding carboxylic acids is 1. The van der Waals surface area contributed by atoms with E-state index in [1.165, 1.54) is 83.1 Å². The van der Waals surface area contributed by atoms with E-state index >= 15 is 0 Å². The van der Waals surface area contributed by atoms with E-state index in [0.29, 0.717) is 12.5 Å². The van der Waals surface area contributed by atoms with Crippen molar-refractivity contribution in [3.05, 3.63) is 12.7 Å². The van der Waals surface area contributed by atoms with E-state index in [1.54, 1.807) is 0 Å². The van der Waals surface area contributed by atoms with Gasteiger partial charge >= 0.3 is 5.97 Å². The monoisotopic (exact) mass is 310 g/mol. The Balaban J connectivity index is 3.18. The van der Waals surface area contributed by atoms with Crippen molar-refractivity contribution in [3.63, 3.8) is 0 Å². The number of rotatable bonds is 16. The van der Waals surface area contributed by atoms with Crippen LogP contribution in [0.1, 0.15) is 97.3 Å². The van der Waals surface area contributed by atoms with Gasteiger partial charge in [-0.1, -0.05) is 97.5 Å². The summed E-state index contributed by atoms with van der Waals surface area (Å²) in [6.07, 6.45) is 18.8. The Morgan fingerprint density at radius 3 is 1.91 bits per heavy atom. The highest BCUT2D eigenvalue weighted by atomic mass is 16.5. The van der Waals surface area contributed by atoms with Gasteiger partial charge in [0, 0.05) is 6.08 Å². The van der Waals surface area contributed by atoms with Crippen LogP contribution in [-0.2, 0) is 9.53 Å². The van der Waals surface area contributed by atoms with Gasteiger partial charge in [-0.2, -0.15) is 0 Å². The summed E-state index contributed by atoms with van der Waals surface area (Å²) >= 11 is 0. The largest absolute Gasteiger partial charge is 0.463 e. The summed E-state index contributed by atoms with van der Waals surface area (Å²) in [5, 5.41) is 0. The van der Waals surface area contributed by atoms with E-state index < -0.39 is 0 Å². The Hall–Kier alpha value is -0.790. The van der Waals surface area contributed by atoms with Gasteiger partial charge in [0.1, 0.15) is 0 Å². The van der Waals surface area contributed by atoms with Crippen LogP contribution in [0.3, 0.4) is 0 Å². The SMILES string of the molecule is C=CC(=O)OCCC(C)CCCCCCCCCCCCC. The molecule has 0 aliphatic heterocycles. The Labute approximate surface area is 138 Å². The van der Waals surface area contributed by atoms with Crippen LogP contribution in [-0.4, -0.2) is 12.6 Å². The molecule has 0 heterocycles. The number of carbonyl (C=O) groups is 1. The first-order valence-electron chi connectivity index (χ1n) is 9.49. The van der Waals surface area contributed by atoms with Crippen molar-refractivity contribution in [1.29, 1.82) is 0 Å². The van der Waals surface area contributed by atoms with Crippen LogP contribution in [0, 0.1) is 5.92 Å². The number of ether oxygens (including phenoxy) is 1. The van der Waals surface area contributed by atoms with Crippen molar-refractivity contribution in [1.82, 2.24) is 0 Å². The maximum absolute atomic E-state index is 10.9. The standard InChI is InChI=1S/C20H38O2/c1-4-6-7-8-9-10-11-12-13-14-15-16-19(3)17-18-22-20(21)5-2/h5,19H,2,4,6-18H2,1,3H3. The molecule has 0 spiro atoms. The zero-order chi connectivity index (χ0) is 16.5. The van der Waals surface area contributed by atoms with Crippen LogP contribution >= 0.6 is 0 Å². The van der Waals surface area contributed by atoms with Gasteiger partial charge < -0.3 is 4.74 Å². The van der Waals surface area contributed by atoms with E-state index in [2.05, 4.69) is 20.4 Å². The van der Waals surface area contributed by atoms with Crippen molar-refractivity contribution >= 4 is 5.97 Å². The molecule has 0 rings (SSSR count). The van der Waals surface area contributed by atoms with Crippen LogP contribution in [0.25, 0.3) is 0 Å². The lowest BCUT2D eigenvalue weighted by atomic mass is 9.99. The summed E-state index contributed by atoms with van der Waals surface area (Å²) in [4.78, 5) is 10.9. The van der Waals surface area contributed by atoms with Gasteiger partial charge in [0.25, 0.3) is 0 Å². The Morgan fingerprint density at radius 1 is 0.909 bits per heavy atom. The van der Waals surface area contributed by atoms with Crippen molar-refractivity contribution in [2.24, 2.45) is 5.92 Å². The minimum Gasteiger partial charge on any atom is -0.463 e. The van der Waals surface area contributed by atoms with Crippen LogP contribution < -0.4 is 0 Å². The zero-order valence-corrected chi connectivity index (χ0v) is 15.1. The van der Waals surface area contributed by atoms with Crippen molar-refractivity contribution in [3.8, 4) is 0 Å². The molecule has 0 N–H and O–H groups in total. The second-order valence-electron chi connectivity index (χ2n) is 6.59. The van der Waals surface area contributed by atoms with Gasteiger partial charge in [0.2, 0.25) is 0 Å². The minimum atomic E-state index is -0.304. The highest BCUT2D eigenvalue weighted by Gasteiger charge is 2.03. The lowest BCUT2D eigenvalue weighted by Gasteiger charge is -2.11. The first kappa shape index (κ1) is 21.2. The fourth-order valence-electron chi connectivity index (χ4n) is 2.72. The molecule has 0 radical (unpaired) electrons. The van der Waals surface area contributed by atoms with E-state index in [0.717, 1.165) is 6.42 Å². The molecule has 0 bridgehead atoms. The summed E-state index contributed by atoms with van der Waals surface area (Å²) < 4.78 is 5.01. The number of hydrogen-bond donors (Lipinski definition) is 0. The van der Waals surface area contributed by atoms with E-state index in [1.807, 2.05) is 0 Å². The fraction of sp³-hybridized carbons (Fsp3) is 0.850. The van der Waals surface area contributed by atoms with Crippen molar-refractivity contribution in [2.45, 2.75) is 97.3 Å². The first-order valence-corrected chi connectivity index (χ1v) is 9.49. The van der Waals surface area contributed by atoms with Gasteiger partial charge in [-0.05, 0) is 12.3 Å². The highest BCUT2D eigenvalue weighted by molar-refractivity contribution is 5.81. The lowest BCUT2D eigenvalue weighted by molar-refractivity contribution is -0.138. The molecule has 0 saturated heterocycles. The molecule has 0 aliphatic carbocycles. The second-order valence-corrected chi connectivity index (χ2v) is 6.59. The predicted octanol–water partition coefficient (Wildman–Crippen LogP) is 6.44. The zero-order valence-electron chi connectivity index (χ0n) is 15.1. The van der Waals surface area contributed by atoms with Crippen LogP contribution in [0.4, 0.5) is 0 Å². The molecule has 2 heteroatoms. The molecule has 0 aromatic rings. The van der Waals surface area contributed by atoms with Gasteiger partial charge in [-0.15, -0.1) is 0 Å². The number of hydrogen-bond acceptors (Lipinski definition) is 2. The van der Waals surface area contributed by atoms with Crippen LogP contribution in [0.15, 0.2) is 12.7 Å². The third-order valence-corrected chi connectivity index (χ3v) is 4.32. The Morgan fingerprint density at radius 2 is 1.41 bits per heavy atom. The van der Waals surface area contributed by atoms with E-state index in [9.17, 15) is 4.79 Å². The number of unbranched alkanes of at least 4 members (excludes halogenated alkanes) is 10. The van der Waals surface area contributed by atoms with Gasteiger partial charge in [-0.3, -0.25) is 0 Å². The summed E-state index contributed by atoms with van der Waals surface area (Å²) in [7, 11) is 0. The fourth-order valence-corrected chi connectivity index (χ4v) is 2.72. The maximum Gasteiger partial charge on any atom is 0.330 e.